The summed E-state index contributed by atoms with van der Waals surface area (Å²) in [5, 5.41) is 5.06. The fraction of sp³-hybridized carbons (Fsp3) is 0.786. The summed E-state index contributed by atoms with van der Waals surface area (Å²) in [4.78, 5) is 37.8. The number of rotatable bonds is 5. The second kappa shape index (κ2) is 7.44. The predicted molar refractivity (Wildman–Crippen MR) is 79.2 cm³/mol. The summed E-state index contributed by atoms with van der Waals surface area (Å²) in [7, 11) is 4.21. The summed E-state index contributed by atoms with van der Waals surface area (Å²) in [5.41, 5.74) is -0.943. The van der Waals surface area contributed by atoms with Crippen molar-refractivity contribution in [3.63, 3.8) is 0 Å². The molecular formula is C14H25N3O5. The summed E-state index contributed by atoms with van der Waals surface area (Å²) < 4.78 is 9.90. The minimum Gasteiger partial charge on any atom is -0.453 e. The molecule has 8 heteroatoms. The number of likely N-dealkylation sites (tertiary alicyclic amines) is 1. The molecule has 2 unspecified atom stereocenters. The highest BCUT2D eigenvalue weighted by atomic mass is 16.5. The Kier molecular flexibility index (Phi) is 6.16. The number of likely N-dealkylation sites (N-methyl/N-ethyl adjacent to an activating group) is 1. The third-order valence-electron chi connectivity index (χ3n) is 4.00. The van der Waals surface area contributed by atoms with Crippen molar-refractivity contribution >= 4 is 17.9 Å². The van der Waals surface area contributed by atoms with Crippen molar-refractivity contribution in [3.05, 3.63) is 0 Å². The zero-order valence-corrected chi connectivity index (χ0v) is 13.8. The van der Waals surface area contributed by atoms with Gasteiger partial charge in [0, 0.05) is 20.7 Å². The standard InChI is InChI=1S/C14H25N3O5/c1-14(2,22-5)10(16-13(20)21-4)12(19)17-8-6-7-9(17)11(18)15-3/h9-10H,6-8H2,1-5H3,(H,15,18)(H,16,20). The number of carbonyl (C=O) groups is 3. The molecule has 0 saturated carbocycles. The number of nitrogens with zero attached hydrogens (tertiary/aromatic N) is 1. The highest BCUT2D eigenvalue weighted by molar-refractivity contribution is 5.92. The first-order valence-corrected chi connectivity index (χ1v) is 7.20. The van der Waals surface area contributed by atoms with E-state index in [2.05, 4.69) is 15.4 Å². The van der Waals surface area contributed by atoms with Crippen LogP contribution in [0.25, 0.3) is 0 Å². The molecule has 1 aliphatic heterocycles. The zero-order valence-electron chi connectivity index (χ0n) is 13.8. The SMILES string of the molecule is CNC(=O)C1CCCN1C(=O)C(NC(=O)OC)C(C)(C)OC. The van der Waals surface area contributed by atoms with Gasteiger partial charge in [-0.2, -0.15) is 0 Å². The molecule has 2 N–H and O–H groups in total. The molecule has 22 heavy (non-hydrogen) atoms. The number of methoxy groups -OCH3 is 2. The first-order valence-electron chi connectivity index (χ1n) is 7.20. The summed E-state index contributed by atoms with van der Waals surface area (Å²) in [5.74, 6) is -0.568. The Morgan fingerprint density at radius 2 is 1.91 bits per heavy atom. The molecule has 8 nitrogen and oxygen atoms in total. The summed E-state index contributed by atoms with van der Waals surface area (Å²) in [6, 6.07) is -1.47. The fourth-order valence-electron chi connectivity index (χ4n) is 2.46. The van der Waals surface area contributed by atoms with Crippen LogP contribution in [-0.2, 0) is 19.1 Å². The highest BCUT2D eigenvalue weighted by Crippen LogP contribution is 2.23. The van der Waals surface area contributed by atoms with Crippen molar-refractivity contribution < 1.29 is 23.9 Å². The maximum atomic E-state index is 12.8. The van der Waals surface area contributed by atoms with Crippen molar-refractivity contribution in [2.45, 2.75) is 44.4 Å². The largest absolute Gasteiger partial charge is 0.453 e. The lowest BCUT2D eigenvalue weighted by atomic mass is 9.96. The number of carbonyl (C=O) groups excluding carboxylic acids is 3. The number of hydrogen-bond donors (Lipinski definition) is 2. The zero-order chi connectivity index (χ0) is 16.9. The molecule has 126 valence electrons. The van der Waals surface area contributed by atoms with Crippen molar-refractivity contribution in [2.75, 3.05) is 27.8 Å². The van der Waals surface area contributed by atoms with Gasteiger partial charge in [0.2, 0.25) is 11.8 Å². The Balaban J connectivity index is 3.00. The molecule has 1 rings (SSSR count). The monoisotopic (exact) mass is 315 g/mol. The van der Waals surface area contributed by atoms with Crippen molar-refractivity contribution in [3.8, 4) is 0 Å². The maximum absolute atomic E-state index is 12.8. The van der Waals surface area contributed by atoms with Crippen LogP contribution in [0.2, 0.25) is 0 Å². The molecule has 3 amide bonds. The number of alkyl carbamates (subject to hydrolysis) is 1. The van der Waals surface area contributed by atoms with E-state index in [9.17, 15) is 14.4 Å². The molecule has 0 spiro atoms. The molecule has 0 radical (unpaired) electrons. The van der Waals surface area contributed by atoms with Crippen LogP contribution >= 0.6 is 0 Å². The first kappa shape index (κ1) is 18.2. The third-order valence-corrected chi connectivity index (χ3v) is 4.00. The molecule has 1 saturated heterocycles. The number of amides is 3. The normalized spacial score (nSPS) is 19.5. The number of ether oxygens (including phenoxy) is 2. The number of nitrogens with one attached hydrogen (secondary N) is 2. The average Bonchev–Trinajstić information content (AvgIpc) is 3.00. The van der Waals surface area contributed by atoms with Crippen molar-refractivity contribution in [1.29, 1.82) is 0 Å². The average molecular weight is 315 g/mol. The van der Waals surface area contributed by atoms with Gasteiger partial charge in [-0.25, -0.2) is 4.79 Å². The van der Waals surface area contributed by atoms with Crippen molar-refractivity contribution in [1.82, 2.24) is 15.5 Å². The third kappa shape index (κ3) is 3.88. The van der Waals surface area contributed by atoms with Gasteiger partial charge < -0.3 is 25.0 Å². The molecule has 2 atom stereocenters. The van der Waals surface area contributed by atoms with Gasteiger partial charge in [0.25, 0.3) is 0 Å². The van der Waals surface area contributed by atoms with Crippen LogP contribution in [0, 0.1) is 0 Å². The van der Waals surface area contributed by atoms with Gasteiger partial charge in [0.15, 0.2) is 0 Å². The molecule has 1 heterocycles. The molecule has 0 aromatic rings. The van der Waals surface area contributed by atoms with Crippen molar-refractivity contribution in [2.24, 2.45) is 0 Å². The van der Waals surface area contributed by atoms with Crippen LogP contribution in [0.1, 0.15) is 26.7 Å². The molecule has 0 bridgehead atoms. The van der Waals surface area contributed by atoms with Crippen LogP contribution in [0.5, 0.6) is 0 Å². The number of hydrogen-bond acceptors (Lipinski definition) is 5. The lowest BCUT2D eigenvalue weighted by Crippen LogP contribution is -2.61. The predicted octanol–water partition coefficient (Wildman–Crippen LogP) is -0.127. The molecule has 1 fully saturated rings. The molecule has 0 aromatic heterocycles. The highest BCUT2D eigenvalue weighted by Gasteiger charge is 2.43. The molecular weight excluding hydrogens is 290 g/mol. The Morgan fingerprint density at radius 1 is 1.27 bits per heavy atom. The summed E-state index contributed by atoms with van der Waals surface area (Å²) >= 11 is 0. The topological polar surface area (TPSA) is 97.0 Å². The van der Waals surface area contributed by atoms with Gasteiger partial charge in [0.1, 0.15) is 12.1 Å². The van der Waals surface area contributed by atoms with E-state index in [0.29, 0.717) is 13.0 Å². The van der Waals surface area contributed by atoms with Gasteiger partial charge in [-0.3, -0.25) is 9.59 Å². The van der Waals surface area contributed by atoms with E-state index in [0.717, 1.165) is 6.42 Å². The lowest BCUT2D eigenvalue weighted by Gasteiger charge is -2.36. The van der Waals surface area contributed by atoms with Gasteiger partial charge in [-0.05, 0) is 26.7 Å². The van der Waals surface area contributed by atoms with E-state index >= 15 is 0 Å². The van der Waals surface area contributed by atoms with Crippen LogP contribution in [-0.4, -0.2) is 68.3 Å². The fourth-order valence-corrected chi connectivity index (χ4v) is 2.46. The second-order valence-electron chi connectivity index (χ2n) is 5.68. The lowest BCUT2D eigenvalue weighted by molar-refractivity contribution is -0.145. The van der Waals surface area contributed by atoms with E-state index in [1.165, 1.54) is 26.2 Å². The Hall–Kier alpha value is -1.83. The summed E-state index contributed by atoms with van der Waals surface area (Å²) in [6.45, 7) is 3.85. The van der Waals surface area contributed by atoms with Gasteiger partial charge in [-0.15, -0.1) is 0 Å². The molecule has 0 aromatic carbocycles. The summed E-state index contributed by atoms with van der Waals surface area (Å²) in [6.07, 6.45) is 0.616. The smallest absolute Gasteiger partial charge is 0.407 e. The maximum Gasteiger partial charge on any atom is 0.407 e. The van der Waals surface area contributed by atoms with Crippen LogP contribution in [0.15, 0.2) is 0 Å². The van der Waals surface area contributed by atoms with Gasteiger partial charge in [-0.1, -0.05) is 0 Å². The quantitative estimate of drug-likeness (QED) is 0.737. The molecule has 0 aliphatic carbocycles. The van der Waals surface area contributed by atoms with E-state index in [4.69, 9.17) is 4.74 Å². The van der Waals surface area contributed by atoms with Gasteiger partial charge in [0.05, 0.1) is 12.7 Å². The van der Waals surface area contributed by atoms with Crippen LogP contribution < -0.4 is 10.6 Å². The van der Waals surface area contributed by atoms with Crippen LogP contribution in [0.3, 0.4) is 0 Å². The van der Waals surface area contributed by atoms with Gasteiger partial charge >= 0.3 is 6.09 Å². The Labute approximate surface area is 130 Å². The molecule has 1 aliphatic rings. The van der Waals surface area contributed by atoms with E-state index in [-0.39, 0.29) is 11.8 Å². The Morgan fingerprint density at radius 3 is 2.41 bits per heavy atom. The van der Waals surface area contributed by atoms with E-state index < -0.39 is 23.8 Å². The minimum atomic E-state index is -0.949. The van der Waals surface area contributed by atoms with E-state index in [1.54, 1.807) is 13.8 Å². The minimum absolute atomic E-state index is 0.210. The second-order valence-corrected chi connectivity index (χ2v) is 5.68. The first-order chi connectivity index (χ1) is 10.3. The van der Waals surface area contributed by atoms with Crippen LogP contribution in [0.4, 0.5) is 4.79 Å². The Bertz CT molecular complexity index is 438. The van der Waals surface area contributed by atoms with E-state index in [1.807, 2.05) is 0 Å².